The number of aromatic amines is 1. The molecule has 3 heterocycles. The highest BCUT2D eigenvalue weighted by atomic mass is 35.5. The zero-order chi connectivity index (χ0) is 23.6. The normalized spacial score (nSPS) is 16.5. The van der Waals surface area contributed by atoms with Crippen LogP contribution in [-0.2, 0) is 14.3 Å². The minimum atomic E-state index is -0.493. The summed E-state index contributed by atoms with van der Waals surface area (Å²) in [5.74, 6) is 0.522. The predicted octanol–water partition coefficient (Wildman–Crippen LogP) is 5.04. The van der Waals surface area contributed by atoms with Gasteiger partial charge in [-0.25, -0.2) is 4.98 Å². The maximum absolute atomic E-state index is 11.9. The van der Waals surface area contributed by atoms with Crippen molar-refractivity contribution in [3.8, 4) is 11.3 Å². The minimum absolute atomic E-state index is 0.136. The number of ether oxygens (including phenoxy) is 2. The summed E-state index contributed by atoms with van der Waals surface area (Å²) < 4.78 is 11.2. The molecule has 1 fully saturated rings. The SMILES string of the molecule is CC(C)(C)OC(=O)CCOC[C@@H]1CCCN1c1cc(-c2c[nH]nn2)c2ccc(Cl)c(Cl)c2n1. The van der Waals surface area contributed by atoms with E-state index in [0.29, 0.717) is 34.5 Å². The van der Waals surface area contributed by atoms with E-state index in [1.54, 1.807) is 12.3 Å². The third-order valence-electron chi connectivity index (χ3n) is 5.40. The summed E-state index contributed by atoms with van der Waals surface area (Å²) in [5, 5.41) is 12.5. The molecule has 0 unspecified atom stereocenters. The first kappa shape index (κ1) is 23.7. The molecule has 0 radical (unpaired) electrons. The molecule has 1 N–H and O–H groups in total. The number of carbonyl (C=O) groups is 1. The highest BCUT2D eigenvalue weighted by molar-refractivity contribution is 6.45. The van der Waals surface area contributed by atoms with Crippen molar-refractivity contribution < 1.29 is 14.3 Å². The molecular weight excluding hydrogens is 465 g/mol. The molecule has 0 aliphatic carbocycles. The molecule has 33 heavy (non-hydrogen) atoms. The largest absolute Gasteiger partial charge is 0.460 e. The molecule has 8 nitrogen and oxygen atoms in total. The molecule has 0 spiro atoms. The van der Waals surface area contributed by atoms with Gasteiger partial charge in [-0.3, -0.25) is 9.89 Å². The monoisotopic (exact) mass is 491 g/mol. The van der Waals surface area contributed by atoms with Crippen LogP contribution in [0.25, 0.3) is 22.2 Å². The van der Waals surface area contributed by atoms with Gasteiger partial charge in [0.25, 0.3) is 0 Å². The van der Waals surface area contributed by atoms with E-state index < -0.39 is 5.60 Å². The Bertz CT molecular complexity index is 1130. The fraction of sp³-hybridized carbons (Fsp3) is 0.478. The lowest BCUT2D eigenvalue weighted by Crippen LogP contribution is -2.34. The summed E-state index contributed by atoms with van der Waals surface area (Å²) in [5.41, 5.74) is 1.70. The average molecular weight is 492 g/mol. The third kappa shape index (κ3) is 5.57. The number of hydrogen-bond donors (Lipinski definition) is 1. The van der Waals surface area contributed by atoms with Crippen molar-refractivity contribution in [2.75, 3.05) is 24.7 Å². The number of nitrogens with one attached hydrogen (secondary N) is 1. The van der Waals surface area contributed by atoms with E-state index >= 15 is 0 Å². The van der Waals surface area contributed by atoms with Gasteiger partial charge in [-0.2, -0.15) is 0 Å². The Morgan fingerprint density at radius 1 is 1.30 bits per heavy atom. The second kappa shape index (κ2) is 9.83. The van der Waals surface area contributed by atoms with Crippen molar-refractivity contribution in [2.24, 2.45) is 0 Å². The number of esters is 1. The van der Waals surface area contributed by atoms with Gasteiger partial charge in [0.15, 0.2) is 0 Å². The van der Waals surface area contributed by atoms with E-state index in [-0.39, 0.29) is 18.4 Å². The summed E-state index contributed by atoms with van der Waals surface area (Å²) >= 11 is 12.8. The Balaban J connectivity index is 1.53. The molecule has 0 amide bonds. The van der Waals surface area contributed by atoms with E-state index in [1.165, 1.54) is 0 Å². The number of aromatic nitrogens is 4. The number of fused-ring (bicyclic) bond motifs is 1. The van der Waals surface area contributed by atoms with Crippen LogP contribution in [0.3, 0.4) is 0 Å². The fourth-order valence-electron chi connectivity index (χ4n) is 3.99. The lowest BCUT2D eigenvalue weighted by molar-refractivity contribution is -0.156. The van der Waals surface area contributed by atoms with Crippen molar-refractivity contribution >= 4 is 45.9 Å². The zero-order valence-corrected chi connectivity index (χ0v) is 20.4. The van der Waals surface area contributed by atoms with Gasteiger partial charge in [0, 0.05) is 17.5 Å². The molecule has 4 rings (SSSR count). The molecule has 0 bridgehead atoms. The second-order valence-electron chi connectivity index (χ2n) is 9.05. The quantitative estimate of drug-likeness (QED) is 0.365. The molecule has 1 aliphatic rings. The summed E-state index contributed by atoms with van der Waals surface area (Å²) in [6.45, 7) is 7.21. The topological polar surface area (TPSA) is 93.2 Å². The minimum Gasteiger partial charge on any atom is -0.460 e. The van der Waals surface area contributed by atoms with Gasteiger partial charge >= 0.3 is 5.97 Å². The molecule has 176 valence electrons. The van der Waals surface area contributed by atoms with Crippen molar-refractivity contribution in [2.45, 2.75) is 51.7 Å². The van der Waals surface area contributed by atoms with Crippen molar-refractivity contribution in [3.05, 3.63) is 34.4 Å². The summed E-state index contributed by atoms with van der Waals surface area (Å²) in [6, 6.07) is 5.79. The van der Waals surface area contributed by atoms with Gasteiger partial charge in [-0.1, -0.05) is 34.5 Å². The van der Waals surface area contributed by atoms with E-state index in [2.05, 4.69) is 20.3 Å². The number of H-pyrrole nitrogens is 1. The lowest BCUT2D eigenvalue weighted by Gasteiger charge is -2.27. The molecule has 2 aromatic heterocycles. The van der Waals surface area contributed by atoms with Gasteiger partial charge in [0.1, 0.15) is 17.1 Å². The van der Waals surface area contributed by atoms with Gasteiger partial charge < -0.3 is 14.4 Å². The molecule has 0 saturated carbocycles. The Morgan fingerprint density at radius 2 is 2.12 bits per heavy atom. The molecule has 10 heteroatoms. The maximum Gasteiger partial charge on any atom is 0.308 e. The number of carbonyl (C=O) groups excluding carboxylic acids is 1. The first-order valence-corrected chi connectivity index (χ1v) is 11.7. The zero-order valence-electron chi connectivity index (χ0n) is 18.9. The lowest BCUT2D eigenvalue weighted by atomic mass is 10.1. The maximum atomic E-state index is 11.9. The third-order valence-corrected chi connectivity index (χ3v) is 6.20. The Hall–Kier alpha value is -2.42. The van der Waals surface area contributed by atoms with E-state index in [1.807, 2.05) is 32.9 Å². The molecule has 1 aromatic carbocycles. The number of benzene rings is 1. The number of hydrogen-bond acceptors (Lipinski definition) is 7. The highest BCUT2D eigenvalue weighted by Gasteiger charge is 2.28. The fourth-order valence-corrected chi connectivity index (χ4v) is 4.35. The van der Waals surface area contributed by atoms with Gasteiger partial charge in [-0.15, -0.1) is 5.10 Å². The van der Waals surface area contributed by atoms with Crippen LogP contribution in [0.4, 0.5) is 5.82 Å². The van der Waals surface area contributed by atoms with Crippen molar-refractivity contribution in [3.63, 3.8) is 0 Å². The smallest absolute Gasteiger partial charge is 0.308 e. The van der Waals surface area contributed by atoms with Gasteiger partial charge in [-0.05, 0) is 45.7 Å². The first-order valence-electron chi connectivity index (χ1n) is 10.9. The summed E-state index contributed by atoms with van der Waals surface area (Å²) in [6.07, 6.45) is 3.95. The molecule has 1 aliphatic heterocycles. The Morgan fingerprint density at radius 3 is 2.85 bits per heavy atom. The predicted molar refractivity (Wildman–Crippen MR) is 129 cm³/mol. The van der Waals surface area contributed by atoms with Crippen LogP contribution in [-0.4, -0.2) is 57.8 Å². The second-order valence-corrected chi connectivity index (χ2v) is 9.83. The van der Waals surface area contributed by atoms with Gasteiger partial charge in [0.2, 0.25) is 0 Å². The van der Waals surface area contributed by atoms with Crippen LogP contribution in [0.15, 0.2) is 24.4 Å². The Labute approximate surface area is 202 Å². The summed E-state index contributed by atoms with van der Waals surface area (Å²) in [4.78, 5) is 19.0. The van der Waals surface area contributed by atoms with Crippen LogP contribution in [0.5, 0.6) is 0 Å². The standard InChI is InChI=1S/C23H27Cl2N5O3/c1-23(2,3)33-20(31)8-10-32-13-14-5-4-9-30(14)19-11-16(18-12-26-29-28-18)15-6-7-17(24)21(25)22(15)27-19/h6-7,11-12,14H,4-5,8-10,13H2,1-3H3,(H,26,28,29)/t14-/m0/s1. The van der Waals surface area contributed by atoms with Crippen molar-refractivity contribution in [1.82, 2.24) is 20.4 Å². The number of nitrogens with zero attached hydrogens (tertiary/aromatic N) is 4. The Kier molecular flexibility index (Phi) is 7.07. The highest BCUT2D eigenvalue weighted by Crippen LogP contribution is 2.38. The van der Waals surface area contributed by atoms with Crippen molar-refractivity contribution in [1.29, 1.82) is 0 Å². The molecule has 3 aromatic rings. The van der Waals surface area contributed by atoms with Crippen LogP contribution in [0.1, 0.15) is 40.0 Å². The van der Waals surface area contributed by atoms with E-state index in [4.69, 9.17) is 37.7 Å². The van der Waals surface area contributed by atoms with Crippen LogP contribution >= 0.6 is 23.2 Å². The van der Waals surface area contributed by atoms with E-state index in [9.17, 15) is 4.79 Å². The van der Waals surface area contributed by atoms with Crippen LogP contribution < -0.4 is 4.90 Å². The number of anilines is 1. The number of rotatable bonds is 7. The molecular formula is C23H27Cl2N5O3. The number of pyridine rings is 1. The van der Waals surface area contributed by atoms with Gasteiger partial charge in [0.05, 0.1) is 47.4 Å². The molecule has 1 saturated heterocycles. The van der Waals surface area contributed by atoms with Crippen LogP contribution in [0, 0.1) is 0 Å². The number of halogens is 2. The first-order chi connectivity index (χ1) is 15.7. The summed E-state index contributed by atoms with van der Waals surface area (Å²) in [7, 11) is 0. The van der Waals surface area contributed by atoms with E-state index in [0.717, 1.165) is 36.2 Å². The van der Waals surface area contributed by atoms with Crippen LogP contribution in [0.2, 0.25) is 10.0 Å². The molecule has 1 atom stereocenters. The average Bonchev–Trinajstić information content (AvgIpc) is 3.44.